The van der Waals surface area contributed by atoms with Gasteiger partial charge in [-0.1, -0.05) is 0 Å². The summed E-state index contributed by atoms with van der Waals surface area (Å²) in [6.45, 7) is 2.23. The normalized spacial score (nSPS) is 19.6. The summed E-state index contributed by atoms with van der Waals surface area (Å²) in [7, 11) is 0. The van der Waals surface area contributed by atoms with Crippen LogP contribution in [0, 0.1) is 63.7 Å². The van der Waals surface area contributed by atoms with Gasteiger partial charge in [0.25, 0.3) is 0 Å². The number of hydrogen-bond donors (Lipinski definition) is 0. The Kier molecular flexibility index (Phi) is 10.2. The van der Waals surface area contributed by atoms with Crippen molar-refractivity contribution in [3.63, 3.8) is 0 Å². The molecule has 84 valence electrons. The fourth-order valence-corrected chi connectivity index (χ4v) is 1.05. The van der Waals surface area contributed by atoms with E-state index in [0.717, 1.165) is 0 Å². The smallest absolute Gasteiger partial charge is 0.466 e. The van der Waals surface area contributed by atoms with Gasteiger partial charge in [-0.25, -0.2) is 0 Å². The van der Waals surface area contributed by atoms with E-state index in [9.17, 15) is 4.79 Å². The van der Waals surface area contributed by atoms with E-state index in [1.54, 1.807) is 19.8 Å². The zero-order chi connectivity index (χ0) is 10.9. The number of esters is 1. The van der Waals surface area contributed by atoms with Crippen molar-refractivity contribution in [2.24, 2.45) is 0 Å². The average molecular weight is 258 g/mol. The van der Waals surface area contributed by atoms with Gasteiger partial charge >= 0.3 is 23.0 Å². The Hall–Kier alpha value is -0.0105. The van der Waals surface area contributed by atoms with Gasteiger partial charge in [0.2, 0.25) is 0 Å². The molecule has 3 heteroatoms. The van der Waals surface area contributed by atoms with Crippen molar-refractivity contribution in [2.45, 2.75) is 6.92 Å². The first kappa shape index (κ1) is 16.0. The van der Waals surface area contributed by atoms with Gasteiger partial charge in [0.05, 0.1) is 12.5 Å². The van der Waals surface area contributed by atoms with Crippen LogP contribution in [0.15, 0.2) is 0 Å². The molecule has 2 saturated carbocycles. The second-order valence-corrected chi connectivity index (χ2v) is 2.86. The molecule has 0 aromatic carbocycles. The Balaban J connectivity index is 0.000000318. The van der Waals surface area contributed by atoms with E-state index in [-0.39, 0.29) is 23.0 Å². The first-order valence-corrected chi connectivity index (χ1v) is 4.90. The van der Waals surface area contributed by atoms with Crippen molar-refractivity contribution in [3.05, 3.63) is 63.7 Å². The predicted molar refractivity (Wildman–Crippen MR) is 58.6 cm³/mol. The van der Waals surface area contributed by atoms with Crippen LogP contribution in [0.5, 0.6) is 0 Å². The predicted octanol–water partition coefficient (Wildman–Crippen LogP) is 1.97. The maximum absolute atomic E-state index is 10.9. The van der Waals surface area contributed by atoms with Gasteiger partial charge in [0.1, 0.15) is 0 Å². The van der Waals surface area contributed by atoms with Gasteiger partial charge in [0.15, 0.2) is 0 Å². The molecule has 0 unspecified atom stereocenters. The van der Waals surface area contributed by atoms with E-state index in [2.05, 4.69) is 0 Å². The number of carbonyl (C=O) groups is 1. The van der Waals surface area contributed by atoms with Crippen molar-refractivity contribution < 1.29 is 26.6 Å². The Morgan fingerprint density at radius 2 is 1.44 bits per heavy atom. The summed E-state index contributed by atoms with van der Waals surface area (Å²) in [5.41, 5.74) is 0. The third kappa shape index (κ3) is 6.55. The summed E-state index contributed by atoms with van der Waals surface area (Å²) < 4.78 is 4.75. The van der Waals surface area contributed by atoms with E-state index in [4.69, 9.17) is 4.74 Å². The minimum atomic E-state index is -0.243. The summed E-state index contributed by atoms with van der Waals surface area (Å²) >= 11 is 0. The van der Waals surface area contributed by atoms with Crippen LogP contribution in [0.25, 0.3) is 0 Å². The van der Waals surface area contributed by atoms with E-state index in [1.165, 1.54) is 0 Å². The molecule has 0 aromatic heterocycles. The largest absolute Gasteiger partial charge is 2.00 e. The number of ether oxygens (including phenoxy) is 1. The second-order valence-electron chi connectivity index (χ2n) is 2.86. The van der Waals surface area contributed by atoms with E-state index < -0.39 is 0 Å². The summed E-state index contributed by atoms with van der Waals surface area (Å²) in [5.74, 6) is 0.384. The average Bonchev–Trinajstić information content (AvgIpc) is 2.95. The maximum Gasteiger partial charge on any atom is 2.00 e. The van der Waals surface area contributed by atoms with Gasteiger partial charge in [0, 0.05) is 0 Å². The van der Waals surface area contributed by atoms with Crippen molar-refractivity contribution in [2.75, 3.05) is 6.61 Å². The van der Waals surface area contributed by atoms with E-state index in [1.807, 2.05) is 44.9 Å². The van der Waals surface area contributed by atoms with Gasteiger partial charge < -0.3 is 4.74 Å². The molecule has 10 radical (unpaired) electrons. The van der Waals surface area contributed by atoms with Crippen LogP contribution < -0.4 is 0 Å². The molecule has 2 aliphatic rings. The minimum absolute atomic E-state index is 0. The van der Waals surface area contributed by atoms with Crippen LogP contribution in [-0.2, 0) is 26.6 Å². The monoisotopic (exact) mass is 258 g/mol. The summed E-state index contributed by atoms with van der Waals surface area (Å²) in [5, 5.41) is 0. The second kappa shape index (κ2) is 10.2. The van der Waals surface area contributed by atoms with Crippen LogP contribution in [-0.4, -0.2) is 12.6 Å². The third-order valence-electron chi connectivity index (χ3n) is 1.73. The molecule has 0 aliphatic heterocycles. The number of hydrogen-bond acceptors (Lipinski definition) is 2. The molecule has 0 saturated heterocycles. The van der Waals surface area contributed by atoms with Gasteiger partial charge in [-0.2, -0.15) is 0 Å². The zero-order valence-corrected chi connectivity index (χ0v) is 10.2. The molecule has 0 atom stereocenters. The molecular weight excluding hydrogens is 244 g/mol. The molecule has 2 nitrogen and oxygen atoms in total. The topological polar surface area (TPSA) is 26.3 Å². The van der Waals surface area contributed by atoms with Crippen LogP contribution in [0.3, 0.4) is 0 Å². The molecule has 0 bridgehead atoms. The van der Waals surface area contributed by atoms with Crippen LogP contribution in [0.4, 0.5) is 0 Å². The van der Waals surface area contributed by atoms with Crippen LogP contribution in [0.1, 0.15) is 6.92 Å². The fraction of sp³-hybridized carbons (Fsp3) is 0.154. The fourth-order valence-electron chi connectivity index (χ4n) is 1.05. The van der Waals surface area contributed by atoms with Crippen LogP contribution >= 0.6 is 0 Å². The maximum atomic E-state index is 10.9. The summed E-state index contributed by atoms with van der Waals surface area (Å²) in [4.78, 5) is 10.9. The number of rotatable bonds is 2. The van der Waals surface area contributed by atoms with Crippen molar-refractivity contribution >= 4 is 5.97 Å². The standard InChI is InChI=1S/C8H9O2.C5H5.Fe/c1-2-10-8(9)7-5-3-4-6-7;1-2-4-5-3-1;/h3-6H,2H2,1H3;1-5H;/q;;+2. The summed E-state index contributed by atoms with van der Waals surface area (Å²) in [6, 6.07) is 0. The molecular formula is C13H14FeO2+2. The van der Waals surface area contributed by atoms with Crippen molar-refractivity contribution in [3.8, 4) is 0 Å². The molecule has 0 amide bonds. The zero-order valence-electron chi connectivity index (χ0n) is 9.07. The minimum Gasteiger partial charge on any atom is -0.466 e. The molecule has 2 aliphatic carbocycles. The van der Waals surface area contributed by atoms with E-state index >= 15 is 0 Å². The molecule has 0 heterocycles. The third-order valence-corrected chi connectivity index (χ3v) is 1.73. The molecule has 0 spiro atoms. The van der Waals surface area contributed by atoms with E-state index in [0.29, 0.717) is 12.5 Å². The molecule has 0 N–H and O–H groups in total. The van der Waals surface area contributed by atoms with Gasteiger partial charge in [-0.3, -0.25) is 4.79 Å². The number of carbonyl (C=O) groups excluding carboxylic acids is 1. The first-order chi connectivity index (χ1) is 7.34. The van der Waals surface area contributed by atoms with Gasteiger partial charge in [-0.15, -0.1) is 0 Å². The molecule has 16 heavy (non-hydrogen) atoms. The van der Waals surface area contributed by atoms with Crippen LogP contribution in [0.2, 0.25) is 0 Å². The molecule has 2 fully saturated rings. The van der Waals surface area contributed by atoms with Crippen molar-refractivity contribution in [1.29, 1.82) is 0 Å². The molecule has 0 aromatic rings. The quantitative estimate of drug-likeness (QED) is 0.559. The first-order valence-electron chi connectivity index (χ1n) is 4.90. The molecule has 2 rings (SSSR count). The SMILES string of the molecule is CCOC(=O)[C]1[CH][CH][CH][CH]1.[CH]1[CH][CH][CH][CH]1.[Fe+2]. The Labute approximate surface area is 110 Å². The summed E-state index contributed by atoms with van der Waals surface area (Å²) in [6.07, 6.45) is 17.1. The van der Waals surface area contributed by atoms with Crippen molar-refractivity contribution in [1.82, 2.24) is 0 Å². The Morgan fingerprint density at radius 3 is 1.81 bits per heavy atom. The Morgan fingerprint density at radius 1 is 1.00 bits per heavy atom. The Bertz CT molecular complexity index is 165. The van der Waals surface area contributed by atoms with Gasteiger partial charge in [-0.05, 0) is 64.7 Å².